The lowest BCUT2D eigenvalue weighted by Gasteiger charge is -2.30. The summed E-state index contributed by atoms with van der Waals surface area (Å²) in [5.41, 5.74) is 0. The zero-order chi connectivity index (χ0) is 19.4. The minimum Gasteiger partial charge on any atom is -0.224 e. The molecule has 0 unspecified atom stereocenters. The molecule has 0 fully saturated rings. The van der Waals surface area contributed by atoms with Gasteiger partial charge in [0.05, 0.1) is 0 Å². The van der Waals surface area contributed by atoms with E-state index in [9.17, 15) is 8.42 Å². The number of alkyl halides is 4. The number of hydrogen-bond donors (Lipinski definition) is 0. The molecular weight excluding hydrogens is 788 g/mol. The first-order valence-electron chi connectivity index (χ1n) is 9.62. The summed E-state index contributed by atoms with van der Waals surface area (Å²) in [5.74, 6) is 0. The maximum atomic E-state index is 13.2. The number of unbranched alkanes of at least 4 members (excludes halogenated alkanes) is 10. The first-order chi connectivity index (χ1) is 11.6. The largest absolute Gasteiger partial charge is 0.224 e. The van der Waals surface area contributed by atoms with Crippen molar-refractivity contribution in [2.24, 2.45) is 0 Å². The quantitative estimate of drug-likeness (QED) is 0.0886. The fourth-order valence-electron chi connectivity index (χ4n) is 2.71. The molecule has 152 valence electrons. The van der Waals surface area contributed by atoms with Gasteiger partial charge in [0.25, 0.3) is 0 Å². The summed E-state index contributed by atoms with van der Waals surface area (Å²) in [6.45, 7) is 4.44. The highest BCUT2D eigenvalue weighted by atomic mass is 127. The molecule has 0 aliphatic heterocycles. The number of rotatable bonds is 16. The van der Waals surface area contributed by atoms with E-state index < -0.39 is 11.4 Å². The van der Waals surface area contributed by atoms with Gasteiger partial charge in [0, 0.05) is 0 Å². The molecule has 0 aliphatic carbocycles. The molecule has 0 heterocycles. The molecule has 0 radical (unpaired) electrons. The maximum absolute atomic E-state index is 13.2. The standard InChI is InChI=1S/C18H34I4O2S/c1-3-5-7-9-11-13-15-17(19,20)25(23,24)18(21,22)16-14-12-10-8-6-4-2/h3-16H2,1-2H3. The van der Waals surface area contributed by atoms with E-state index in [1.165, 1.54) is 51.4 Å². The molecule has 0 spiro atoms. The summed E-state index contributed by atoms with van der Waals surface area (Å²) in [6, 6.07) is 0. The van der Waals surface area contributed by atoms with E-state index in [0.717, 1.165) is 38.5 Å². The van der Waals surface area contributed by atoms with Crippen LogP contribution in [0.3, 0.4) is 0 Å². The van der Waals surface area contributed by atoms with Crippen LogP contribution in [-0.4, -0.2) is 9.94 Å². The zero-order valence-electron chi connectivity index (χ0n) is 15.6. The Kier molecular flexibility index (Phi) is 16.5. The van der Waals surface area contributed by atoms with Gasteiger partial charge in [-0.25, -0.2) is 8.42 Å². The van der Waals surface area contributed by atoms with Crippen LogP contribution in [0.4, 0.5) is 0 Å². The molecule has 25 heavy (non-hydrogen) atoms. The van der Waals surface area contributed by atoms with E-state index in [2.05, 4.69) is 104 Å². The molecule has 0 saturated heterocycles. The molecule has 0 aromatic carbocycles. The van der Waals surface area contributed by atoms with Crippen LogP contribution < -0.4 is 0 Å². The molecule has 0 atom stereocenters. The van der Waals surface area contributed by atoms with Crippen LogP contribution in [0.1, 0.15) is 104 Å². The number of hydrogen-bond acceptors (Lipinski definition) is 2. The summed E-state index contributed by atoms with van der Waals surface area (Å²) in [7, 11) is -3.19. The summed E-state index contributed by atoms with van der Waals surface area (Å²) in [4.78, 5) is 0. The monoisotopic (exact) mass is 822 g/mol. The molecule has 0 N–H and O–H groups in total. The third kappa shape index (κ3) is 11.0. The predicted octanol–water partition coefficient (Wildman–Crippen LogP) is 8.95. The highest BCUT2D eigenvalue weighted by Gasteiger charge is 2.50. The van der Waals surface area contributed by atoms with Crippen LogP contribution >= 0.6 is 90.4 Å². The van der Waals surface area contributed by atoms with Crippen LogP contribution in [0.5, 0.6) is 0 Å². The summed E-state index contributed by atoms with van der Waals surface area (Å²) in [5, 5.41) is 0. The Morgan fingerprint density at radius 1 is 0.560 bits per heavy atom. The zero-order valence-corrected chi connectivity index (χ0v) is 25.1. The van der Waals surface area contributed by atoms with E-state index in [1.807, 2.05) is 0 Å². The molecule has 0 aromatic rings. The number of halogens is 4. The van der Waals surface area contributed by atoms with Gasteiger partial charge in [-0.05, 0) is 103 Å². The fourth-order valence-corrected chi connectivity index (χ4v) is 15.1. The predicted molar refractivity (Wildman–Crippen MR) is 146 cm³/mol. The molecule has 0 bridgehead atoms. The van der Waals surface area contributed by atoms with Crippen molar-refractivity contribution in [3.8, 4) is 0 Å². The highest BCUT2D eigenvalue weighted by molar-refractivity contribution is 14.2. The first kappa shape index (κ1) is 27.9. The SMILES string of the molecule is CCCCCCCCC(I)(I)S(=O)(=O)C(I)(I)CCCCCCCC. The first-order valence-corrected chi connectivity index (χ1v) is 15.4. The van der Waals surface area contributed by atoms with Crippen molar-refractivity contribution >= 4 is 100 Å². The van der Waals surface area contributed by atoms with E-state index in [0.29, 0.717) is 0 Å². The average molecular weight is 822 g/mol. The Labute approximate surface area is 211 Å². The van der Waals surface area contributed by atoms with Crippen molar-refractivity contribution < 1.29 is 8.42 Å². The second-order valence-corrected chi connectivity index (χ2v) is 23.6. The van der Waals surface area contributed by atoms with Gasteiger partial charge in [-0.15, -0.1) is 0 Å². The normalized spacial score (nSPS) is 13.4. The van der Waals surface area contributed by atoms with Crippen LogP contribution in [-0.2, 0) is 9.84 Å². The Bertz CT molecular complexity index is 402. The van der Waals surface area contributed by atoms with Gasteiger partial charge in [0.2, 0.25) is 0 Å². The Hall–Kier alpha value is 2.87. The van der Waals surface area contributed by atoms with Crippen LogP contribution in [0, 0.1) is 0 Å². The second kappa shape index (κ2) is 14.8. The second-order valence-electron chi connectivity index (χ2n) is 6.81. The van der Waals surface area contributed by atoms with Crippen LogP contribution in [0.15, 0.2) is 0 Å². The van der Waals surface area contributed by atoms with E-state index in [4.69, 9.17) is 0 Å². The van der Waals surface area contributed by atoms with E-state index in [1.54, 1.807) is 0 Å². The van der Waals surface area contributed by atoms with Crippen molar-refractivity contribution in [3.63, 3.8) is 0 Å². The fraction of sp³-hybridized carbons (Fsp3) is 1.00. The molecule has 0 aromatic heterocycles. The van der Waals surface area contributed by atoms with Crippen molar-refractivity contribution in [1.82, 2.24) is 0 Å². The molecule has 7 heteroatoms. The van der Waals surface area contributed by atoms with Gasteiger partial charge in [-0.3, -0.25) is 0 Å². The maximum Gasteiger partial charge on any atom is 0.198 e. The Balaban J connectivity index is 4.40. The van der Waals surface area contributed by atoms with Gasteiger partial charge in [-0.2, -0.15) is 0 Å². The van der Waals surface area contributed by atoms with Gasteiger partial charge < -0.3 is 0 Å². The van der Waals surface area contributed by atoms with Crippen molar-refractivity contribution in [3.05, 3.63) is 0 Å². The third-order valence-corrected chi connectivity index (χ3v) is 15.5. The van der Waals surface area contributed by atoms with Crippen LogP contribution in [0.2, 0.25) is 0 Å². The molecule has 0 saturated carbocycles. The lowest BCUT2D eigenvalue weighted by Crippen LogP contribution is -2.37. The minimum absolute atomic E-state index is 0.683. The van der Waals surface area contributed by atoms with Crippen molar-refractivity contribution in [2.45, 2.75) is 105 Å². The van der Waals surface area contributed by atoms with Gasteiger partial charge in [0.1, 0.15) is 0 Å². The smallest absolute Gasteiger partial charge is 0.198 e. The van der Waals surface area contributed by atoms with Gasteiger partial charge in [0.15, 0.2) is 11.4 Å². The lowest BCUT2D eigenvalue weighted by atomic mass is 10.1. The summed E-state index contributed by atoms with van der Waals surface area (Å²) in [6.07, 6.45) is 15.9. The molecule has 2 nitrogen and oxygen atoms in total. The molecule has 0 aliphatic rings. The summed E-state index contributed by atoms with van der Waals surface area (Å²) >= 11 is 8.72. The topological polar surface area (TPSA) is 34.1 Å². The Morgan fingerprint density at radius 3 is 1.16 bits per heavy atom. The third-order valence-electron chi connectivity index (χ3n) is 4.43. The molecule has 0 rings (SSSR count). The van der Waals surface area contributed by atoms with E-state index >= 15 is 0 Å². The Morgan fingerprint density at radius 2 is 0.840 bits per heavy atom. The molecular formula is C18H34I4O2S. The van der Waals surface area contributed by atoms with Crippen molar-refractivity contribution in [1.29, 1.82) is 0 Å². The van der Waals surface area contributed by atoms with Gasteiger partial charge in [-0.1, -0.05) is 90.9 Å². The highest BCUT2D eigenvalue weighted by Crippen LogP contribution is 2.52. The average Bonchev–Trinajstić information content (AvgIpc) is 2.53. The minimum atomic E-state index is -3.19. The van der Waals surface area contributed by atoms with Crippen LogP contribution in [0.25, 0.3) is 0 Å². The lowest BCUT2D eigenvalue weighted by molar-refractivity contribution is 0.561. The summed E-state index contributed by atoms with van der Waals surface area (Å²) < 4.78 is 25.0. The van der Waals surface area contributed by atoms with E-state index in [-0.39, 0.29) is 0 Å². The number of sulfone groups is 1. The molecule has 0 amide bonds. The van der Waals surface area contributed by atoms with Gasteiger partial charge >= 0.3 is 0 Å². The van der Waals surface area contributed by atoms with Crippen molar-refractivity contribution in [2.75, 3.05) is 0 Å².